The van der Waals surface area contributed by atoms with Gasteiger partial charge in [0.1, 0.15) is 5.75 Å². The highest BCUT2D eigenvalue weighted by molar-refractivity contribution is 7.07. The molecule has 38 heavy (non-hydrogen) atoms. The van der Waals surface area contributed by atoms with Gasteiger partial charge >= 0.3 is 5.97 Å². The van der Waals surface area contributed by atoms with Gasteiger partial charge in [-0.25, -0.2) is 9.79 Å². The fourth-order valence-corrected chi connectivity index (χ4v) is 5.35. The number of carbonyl (C=O) groups excluding carboxylic acids is 1. The van der Waals surface area contributed by atoms with Crippen LogP contribution in [0.4, 0.5) is 5.69 Å². The lowest BCUT2D eigenvalue weighted by molar-refractivity contribution is -0.113. The predicted octanol–water partition coefficient (Wildman–Crippen LogP) is 3.58. The maximum atomic E-state index is 13.7. The van der Waals surface area contributed by atoms with Crippen LogP contribution in [-0.2, 0) is 4.79 Å². The second kappa shape index (κ2) is 10.3. The van der Waals surface area contributed by atoms with Crippen molar-refractivity contribution in [2.75, 3.05) is 12.4 Å². The zero-order chi connectivity index (χ0) is 26.8. The molecule has 2 heterocycles. The largest absolute Gasteiger partial charge is 0.497 e. The standard InChI is InChI=1S/C29H23N3O5S/c1-17-24(26(33)31-21-6-4-3-5-7-21)25(19-12-14-22(37-2)15-13-19)32-27(34)23(38-29(32)30-17)16-18-8-10-20(11-9-18)28(35)36/h3-16,25H,1-2H3,(H,31,33)(H,35,36)/b23-16+/t25-/m0/s1. The molecule has 0 saturated carbocycles. The number of hydrogen-bond acceptors (Lipinski definition) is 6. The number of carbonyl (C=O) groups is 2. The Morgan fingerprint density at radius 1 is 1.03 bits per heavy atom. The number of carboxylic acid groups (broad SMARTS) is 1. The zero-order valence-electron chi connectivity index (χ0n) is 20.5. The average Bonchev–Trinajstić information content (AvgIpc) is 3.22. The van der Waals surface area contributed by atoms with E-state index in [1.165, 1.54) is 28.0 Å². The molecule has 0 unspecified atom stereocenters. The number of para-hydroxylation sites is 1. The molecule has 0 bridgehead atoms. The van der Waals surface area contributed by atoms with Gasteiger partial charge in [0.15, 0.2) is 4.80 Å². The summed E-state index contributed by atoms with van der Waals surface area (Å²) in [4.78, 5) is 43.6. The number of aromatic carboxylic acids is 1. The van der Waals surface area contributed by atoms with Gasteiger partial charge < -0.3 is 15.2 Å². The summed E-state index contributed by atoms with van der Waals surface area (Å²) in [6.07, 6.45) is 1.70. The number of rotatable bonds is 6. The molecule has 190 valence electrons. The minimum atomic E-state index is -1.02. The van der Waals surface area contributed by atoms with Crippen molar-refractivity contribution in [1.82, 2.24) is 4.57 Å². The van der Waals surface area contributed by atoms with Crippen LogP contribution in [0.25, 0.3) is 6.08 Å². The van der Waals surface area contributed by atoms with Gasteiger partial charge in [0.05, 0.1) is 34.5 Å². The van der Waals surface area contributed by atoms with Crippen molar-refractivity contribution in [3.05, 3.63) is 127 Å². The van der Waals surface area contributed by atoms with Gasteiger partial charge in [0.2, 0.25) is 0 Å². The van der Waals surface area contributed by atoms with E-state index in [1.807, 2.05) is 30.3 Å². The normalized spacial score (nSPS) is 15.0. The third kappa shape index (κ3) is 4.79. The van der Waals surface area contributed by atoms with E-state index in [1.54, 1.807) is 56.5 Å². The molecule has 9 heteroatoms. The highest BCUT2D eigenvalue weighted by atomic mass is 32.1. The maximum absolute atomic E-state index is 13.7. The summed E-state index contributed by atoms with van der Waals surface area (Å²) in [6.45, 7) is 1.76. The summed E-state index contributed by atoms with van der Waals surface area (Å²) in [5, 5.41) is 12.1. The Bertz CT molecular complexity index is 1740. The average molecular weight is 526 g/mol. The van der Waals surface area contributed by atoms with Crippen LogP contribution in [0.1, 0.15) is 34.5 Å². The number of ether oxygens (including phenoxy) is 1. The van der Waals surface area contributed by atoms with E-state index in [-0.39, 0.29) is 17.0 Å². The lowest BCUT2D eigenvalue weighted by Gasteiger charge is -2.25. The number of nitrogens with zero attached hydrogens (tertiary/aromatic N) is 2. The molecular weight excluding hydrogens is 502 g/mol. The number of nitrogens with one attached hydrogen (secondary N) is 1. The number of anilines is 1. The van der Waals surface area contributed by atoms with E-state index >= 15 is 0 Å². The smallest absolute Gasteiger partial charge is 0.335 e. The SMILES string of the molecule is COc1ccc([C@H]2C(C(=O)Nc3ccccc3)=C(C)N=c3s/c(=C/c4ccc(C(=O)O)cc4)c(=O)n32)cc1. The number of fused-ring (bicyclic) bond motifs is 1. The third-order valence-electron chi connectivity index (χ3n) is 6.18. The van der Waals surface area contributed by atoms with Crippen LogP contribution in [0, 0.1) is 0 Å². The van der Waals surface area contributed by atoms with E-state index in [9.17, 15) is 14.4 Å². The zero-order valence-corrected chi connectivity index (χ0v) is 21.4. The maximum Gasteiger partial charge on any atom is 0.335 e. The molecule has 0 aliphatic carbocycles. The Morgan fingerprint density at radius 3 is 2.34 bits per heavy atom. The number of amides is 1. The Balaban J connectivity index is 1.64. The lowest BCUT2D eigenvalue weighted by Crippen LogP contribution is -2.40. The Morgan fingerprint density at radius 2 is 1.71 bits per heavy atom. The van der Waals surface area contributed by atoms with Crippen molar-refractivity contribution >= 4 is 35.0 Å². The first-order chi connectivity index (χ1) is 18.4. The summed E-state index contributed by atoms with van der Waals surface area (Å²) in [7, 11) is 1.57. The monoisotopic (exact) mass is 525 g/mol. The first-order valence-electron chi connectivity index (χ1n) is 11.7. The number of benzene rings is 3. The molecule has 8 nitrogen and oxygen atoms in total. The van der Waals surface area contributed by atoms with Crippen molar-refractivity contribution in [2.45, 2.75) is 13.0 Å². The van der Waals surface area contributed by atoms with Crippen LogP contribution < -0.4 is 24.9 Å². The van der Waals surface area contributed by atoms with Gasteiger partial charge in [-0.05, 0) is 60.5 Å². The Labute approximate surface area is 221 Å². The van der Waals surface area contributed by atoms with Gasteiger partial charge in [-0.2, -0.15) is 0 Å². The number of aromatic nitrogens is 1. The van der Waals surface area contributed by atoms with Crippen LogP contribution in [0.5, 0.6) is 5.75 Å². The van der Waals surface area contributed by atoms with E-state index in [0.717, 1.165) is 5.56 Å². The third-order valence-corrected chi connectivity index (χ3v) is 7.17. The summed E-state index contributed by atoms with van der Waals surface area (Å²) in [5.41, 5.74) is 2.79. The number of thiazole rings is 1. The molecule has 1 amide bonds. The second-order valence-electron chi connectivity index (χ2n) is 8.60. The summed E-state index contributed by atoms with van der Waals surface area (Å²) in [6, 6.07) is 21.9. The molecule has 0 saturated heterocycles. The molecule has 1 aliphatic heterocycles. The van der Waals surface area contributed by atoms with Crippen LogP contribution in [0.2, 0.25) is 0 Å². The number of hydrogen-bond donors (Lipinski definition) is 2. The van der Waals surface area contributed by atoms with Crippen LogP contribution in [-0.4, -0.2) is 28.7 Å². The van der Waals surface area contributed by atoms with Gasteiger partial charge in [-0.1, -0.05) is 53.8 Å². The quantitative estimate of drug-likeness (QED) is 0.400. The van der Waals surface area contributed by atoms with E-state index in [2.05, 4.69) is 10.3 Å². The van der Waals surface area contributed by atoms with Crippen molar-refractivity contribution in [3.63, 3.8) is 0 Å². The molecule has 0 radical (unpaired) electrons. The van der Waals surface area contributed by atoms with E-state index in [4.69, 9.17) is 9.84 Å². The highest BCUT2D eigenvalue weighted by Gasteiger charge is 2.32. The molecule has 1 atom stereocenters. The minimum absolute atomic E-state index is 0.160. The number of methoxy groups -OCH3 is 1. The first kappa shape index (κ1) is 24.9. The van der Waals surface area contributed by atoms with Crippen LogP contribution >= 0.6 is 11.3 Å². The fraction of sp³-hybridized carbons (Fsp3) is 0.103. The van der Waals surface area contributed by atoms with E-state index in [0.29, 0.717) is 37.6 Å². The van der Waals surface area contributed by atoms with Crippen LogP contribution in [0.15, 0.2) is 99.9 Å². The molecule has 1 aliphatic rings. The topological polar surface area (TPSA) is 110 Å². The fourth-order valence-electron chi connectivity index (χ4n) is 4.31. The highest BCUT2D eigenvalue weighted by Crippen LogP contribution is 2.31. The van der Waals surface area contributed by atoms with Crippen molar-refractivity contribution in [3.8, 4) is 5.75 Å². The first-order valence-corrected chi connectivity index (χ1v) is 12.5. The van der Waals surface area contributed by atoms with Crippen LogP contribution in [0.3, 0.4) is 0 Å². The molecule has 4 aromatic rings. The number of carboxylic acids is 1. The summed E-state index contributed by atoms with van der Waals surface area (Å²) in [5.74, 6) is -0.717. The molecule has 0 fully saturated rings. The lowest BCUT2D eigenvalue weighted by atomic mass is 9.95. The van der Waals surface area contributed by atoms with Gasteiger partial charge in [-0.15, -0.1) is 0 Å². The molecule has 5 rings (SSSR count). The Hall–Kier alpha value is -4.76. The molecule has 3 aromatic carbocycles. The van der Waals surface area contributed by atoms with E-state index < -0.39 is 12.0 Å². The summed E-state index contributed by atoms with van der Waals surface area (Å²) >= 11 is 1.22. The molecule has 0 spiro atoms. The van der Waals surface area contributed by atoms with Crippen molar-refractivity contribution < 1.29 is 19.4 Å². The summed E-state index contributed by atoms with van der Waals surface area (Å²) < 4.78 is 7.26. The molecular formula is C29H23N3O5S. The number of allylic oxidation sites excluding steroid dienone is 1. The predicted molar refractivity (Wildman–Crippen MR) is 145 cm³/mol. The second-order valence-corrected chi connectivity index (χ2v) is 9.61. The molecule has 1 aromatic heterocycles. The van der Waals surface area contributed by atoms with Crippen molar-refractivity contribution in [2.24, 2.45) is 4.99 Å². The van der Waals surface area contributed by atoms with Gasteiger partial charge in [0, 0.05) is 5.69 Å². The molecule has 2 N–H and O–H groups in total. The van der Waals surface area contributed by atoms with Gasteiger partial charge in [-0.3, -0.25) is 14.2 Å². The Kier molecular flexibility index (Phi) is 6.76. The van der Waals surface area contributed by atoms with Crippen molar-refractivity contribution in [1.29, 1.82) is 0 Å². The van der Waals surface area contributed by atoms with Gasteiger partial charge in [0.25, 0.3) is 11.5 Å². The minimum Gasteiger partial charge on any atom is -0.497 e.